The molecular formula is C13H12ClF3N2O. The van der Waals surface area contributed by atoms with Crippen LogP contribution in [0.15, 0.2) is 23.3 Å². The van der Waals surface area contributed by atoms with Crippen LogP contribution in [-0.4, -0.2) is 16.6 Å². The minimum atomic E-state index is -4.52. The molecule has 1 aromatic rings. The van der Waals surface area contributed by atoms with E-state index >= 15 is 0 Å². The Morgan fingerprint density at radius 1 is 1.40 bits per heavy atom. The van der Waals surface area contributed by atoms with Gasteiger partial charge in [-0.15, -0.1) is 0 Å². The van der Waals surface area contributed by atoms with Gasteiger partial charge in [-0.25, -0.2) is 5.01 Å². The van der Waals surface area contributed by atoms with Gasteiger partial charge in [0.05, 0.1) is 23.0 Å². The fourth-order valence-corrected chi connectivity index (χ4v) is 2.13. The van der Waals surface area contributed by atoms with Crippen LogP contribution in [0.1, 0.15) is 25.0 Å². The van der Waals surface area contributed by atoms with Crippen molar-refractivity contribution in [2.45, 2.75) is 26.6 Å². The number of hydrazone groups is 1. The Kier molecular flexibility index (Phi) is 3.77. The van der Waals surface area contributed by atoms with Gasteiger partial charge in [0.2, 0.25) is 0 Å². The average molecular weight is 305 g/mol. The van der Waals surface area contributed by atoms with Gasteiger partial charge in [0.25, 0.3) is 5.91 Å². The molecule has 0 radical (unpaired) electrons. The molecule has 1 unspecified atom stereocenters. The Morgan fingerprint density at radius 2 is 2.05 bits per heavy atom. The van der Waals surface area contributed by atoms with Crippen LogP contribution < -0.4 is 0 Å². The maximum absolute atomic E-state index is 12.8. The maximum Gasteiger partial charge on any atom is 0.417 e. The highest BCUT2D eigenvalue weighted by Gasteiger charge is 2.34. The lowest BCUT2D eigenvalue weighted by atomic mass is 10.1. The molecule has 1 heterocycles. The SMILES string of the molecule is CC1=NN(Cc2ccc(Cl)c(C(F)(F)F)c2)C(=O)C1C. The Hall–Kier alpha value is -1.56. The summed E-state index contributed by atoms with van der Waals surface area (Å²) in [5.74, 6) is -0.546. The largest absolute Gasteiger partial charge is 0.417 e. The number of hydrogen-bond acceptors (Lipinski definition) is 2. The van der Waals surface area contributed by atoms with Gasteiger partial charge in [-0.2, -0.15) is 18.3 Å². The third-order valence-electron chi connectivity index (χ3n) is 3.20. The highest BCUT2D eigenvalue weighted by Crippen LogP contribution is 2.35. The summed E-state index contributed by atoms with van der Waals surface area (Å²) in [6.45, 7) is 3.43. The molecule has 0 N–H and O–H groups in total. The van der Waals surface area contributed by atoms with Crippen LogP contribution in [0.25, 0.3) is 0 Å². The van der Waals surface area contributed by atoms with Crippen LogP contribution in [0, 0.1) is 5.92 Å². The summed E-state index contributed by atoms with van der Waals surface area (Å²) < 4.78 is 38.3. The molecule has 1 aliphatic heterocycles. The van der Waals surface area contributed by atoms with Crippen molar-refractivity contribution in [1.82, 2.24) is 5.01 Å². The van der Waals surface area contributed by atoms with Crippen molar-refractivity contribution in [3.8, 4) is 0 Å². The lowest BCUT2D eigenvalue weighted by Crippen LogP contribution is -2.25. The first-order valence-electron chi connectivity index (χ1n) is 5.92. The Morgan fingerprint density at radius 3 is 2.55 bits per heavy atom. The van der Waals surface area contributed by atoms with Crippen molar-refractivity contribution < 1.29 is 18.0 Å². The zero-order valence-corrected chi connectivity index (χ0v) is 11.6. The van der Waals surface area contributed by atoms with Gasteiger partial charge >= 0.3 is 6.18 Å². The highest BCUT2D eigenvalue weighted by atomic mass is 35.5. The third kappa shape index (κ3) is 2.80. The molecule has 0 spiro atoms. The lowest BCUT2D eigenvalue weighted by molar-refractivity contribution is -0.137. The molecule has 1 aliphatic rings. The fraction of sp³-hybridized carbons (Fsp3) is 0.385. The lowest BCUT2D eigenvalue weighted by Gasteiger charge is -2.15. The minimum Gasteiger partial charge on any atom is -0.272 e. The number of hydrogen-bond donors (Lipinski definition) is 0. The van der Waals surface area contributed by atoms with Crippen molar-refractivity contribution in [2.75, 3.05) is 0 Å². The Labute approximate surface area is 119 Å². The summed E-state index contributed by atoms with van der Waals surface area (Å²) >= 11 is 5.54. The quantitative estimate of drug-likeness (QED) is 0.819. The van der Waals surface area contributed by atoms with Crippen molar-refractivity contribution in [3.63, 3.8) is 0 Å². The van der Waals surface area contributed by atoms with Crippen LogP contribution in [0.3, 0.4) is 0 Å². The first-order valence-corrected chi connectivity index (χ1v) is 6.30. The van der Waals surface area contributed by atoms with Crippen LogP contribution in [0.4, 0.5) is 13.2 Å². The summed E-state index contributed by atoms with van der Waals surface area (Å²) in [7, 11) is 0. The number of amides is 1. The summed E-state index contributed by atoms with van der Waals surface area (Å²) in [6.07, 6.45) is -4.52. The summed E-state index contributed by atoms with van der Waals surface area (Å²) in [6, 6.07) is 3.59. The number of carbonyl (C=O) groups excluding carboxylic acids is 1. The van der Waals surface area contributed by atoms with Crippen LogP contribution in [0.2, 0.25) is 5.02 Å². The second-order valence-electron chi connectivity index (χ2n) is 4.67. The molecule has 0 saturated carbocycles. The van der Waals surface area contributed by atoms with E-state index in [0.29, 0.717) is 11.3 Å². The molecule has 0 bridgehead atoms. The Balaban J connectivity index is 2.26. The van der Waals surface area contributed by atoms with Gasteiger partial charge in [-0.3, -0.25) is 4.79 Å². The molecule has 3 nitrogen and oxygen atoms in total. The maximum atomic E-state index is 12.8. The van der Waals surface area contributed by atoms with Crippen molar-refractivity contribution in [2.24, 2.45) is 11.0 Å². The molecule has 1 atom stereocenters. The number of benzene rings is 1. The predicted octanol–water partition coefficient (Wildman–Crippen LogP) is 3.71. The van der Waals surface area contributed by atoms with E-state index in [2.05, 4.69) is 5.10 Å². The van der Waals surface area contributed by atoms with Crippen LogP contribution in [0.5, 0.6) is 0 Å². The molecule has 2 rings (SSSR count). The summed E-state index contributed by atoms with van der Waals surface area (Å²) in [4.78, 5) is 11.8. The molecule has 7 heteroatoms. The number of alkyl halides is 3. The molecule has 1 amide bonds. The van der Waals surface area contributed by atoms with Crippen molar-refractivity contribution in [1.29, 1.82) is 0 Å². The third-order valence-corrected chi connectivity index (χ3v) is 3.53. The molecular weight excluding hydrogens is 293 g/mol. The van der Waals surface area contributed by atoms with E-state index in [1.807, 2.05) is 0 Å². The number of rotatable bonds is 2. The van der Waals surface area contributed by atoms with E-state index in [9.17, 15) is 18.0 Å². The minimum absolute atomic E-state index is 0.000756. The second kappa shape index (κ2) is 5.09. The summed E-state index contributed by atoms with van der Waals surface area (Å²) in [5, 5.41) is 4.87. The molecule has 108 valence electrons. The zero-order chi connectivity index (χ0) is 15.1. The average Bonchev–Trinajstić information content (AvgIpc) is 2.58. The van der Waals surface area contributed by atoms with E-state index in [0.717, 1.165) is 6.07 Å². The fourth-order valence-electron chi connectivity index (χ4n) is 1.90. The van der Waals surface area contributed by atoms with Crippen molar-refractivity contribution >= 4 is 23.2 Å². The zero-order valence-electron chi connectivity index (χ0n) is 10.8. The number of halogens is 4. The molecule has 0 aromatic heterocycles. The van der Waals surface area contributed by atoms with E-state index in [-0.39, 0.29) is 23.4 Å². The standard InChI is InChI=1S/C13H12ClF3N2O/c1-7-8(2)18-19(12(7)20)6-9-3-4-11(14)10(5-9)13(15,16)17/h3-5,7H,6H2,1-2H3. The smallest absolute Gasteiger partial charge is 0.272 e. The van der Waals surface area contributed by atoms with Gasteiger partial charge in [0, 0.05) is 5.71 Å². The molecule has 0 saturated heterocycles. The van der Waals surface area contributed by atoms with Crippen LogP contribution in [-0.2, 0) is 17.5 Å². The van der Waals surface area contributed by atoms with E-state index in [1.165, 1.54) is 17.1 Å². The molecule has 0 fully saturated rings. The predicted molar refractivity (Wildman–Crippen MR) is 69.3 cm³/mol. The van der Waals surface area contributed by atoms with Gasteiger partial charge in [0.1, 0.15) is 0 Å². The normalized spacial score (nSPS) is 19.5. The monoisotopic (exact) mass is 304 g/mol. The summed E-state index contributed by atoms with van der Waals surface area (Å²) in [5.41, 5.74) is 0.0813. The van der Waals surface area contributed by atoms with E-state index in [1.54, 1.807) is 13.8 Å². The van der Waals surface area contributed by atoms with E-state index in [4.69, 9.17) is 11.6 Å². The highest BCUT2D eigenvalue weighted by molar-refractivity contribution is 6.31. The molecule has 0 aliphatic carbocycles. The first-order chi connectivity index (χ1) is 9.20. The van der Waals surface area contributed by atoms with Gasteiger partial charge in [-0.1, -0.05) is 17.7 Å². The second-order valence-corrected chi connectivity index (χ2v) is 5.08. The molecule has 20 heavy (non-hydrogen) atoms. The Bertz CT molecular complexity index is 583. The van der Waals surface area contributed by atoms with E-state index < -0.39 is 11.7 Å². The van der Waals surface area contributed by atoms with Crippen molar-refractivity contribution in [3.05, 3.63) is 34.3 Å². The van der Waals surface area contributed by atoms with Gasteiger partial charge in [0.15, 0.2) is 0 Å². The van der Waals surface area contributed by atoms with Gasteiger partial charge in [-0.05, 0) is 31.5 Å². The first kappa shape index (κ1) is 14.8. The number of carbonyl (C=O) groups is 1. The topological polar surface area (TPSA) is 32.7 Å². The van der Waals surface area contributed by atoms with Gasteiger partial charge < -0.3 is 0 Å². The number of nitrogens with zero attached hydrogens (tertiary/aromatic N) is 2. The van der Waals surface area contributed by atoms with Crippen LogP contribution >= 0.6 is 11.6 Å². The molecule has 1 aromatic carbocycles.